The van der Waals surface area contributed by atoms with E-state index in [1.807, 2.05) is 26.0 Å². The number of H-pyrrole nitrogens is 1. The van der Waals surface area contributed by atoms with E-state index in [0.717, 1.165) is 15.7 Å². The summed E-state index contributed by atoms with van der Waals surface area (Å²) in [6.45, 7) is 7.31. The Labute approximate surface area is 141 Å². The second-order valence-corrected chi connectivity index (χ2v) is 6.03. The van der Waals surface area contributed by atoms with Crippen LogP contribution in [-0.2, 0) is 0 Å². The molecule has 0 amide bonds. The Kier molecular flexibility index (Phi) is 4.00. The van der Waals surface area contributed by atoms with Crippen LogP contribution in [0.25, 0.3) is 17.7 Å². The molecule has 0 bridgehead atoms. The maximum atomic E-state index is 12.8. The molecule has 23 heavy (non-hydrogen) atoms. The maximum Gasteiger partial charge on any atom is 0.264 e. The highest BCUT2D eigenvalue weighted by Gasteiger charge is 2.22. The third kappa shape index (κ3) is 2.77. The Morgan fingerprint density at radius 2 is 2.13 bits per heavy atom. The molecule has 0 saturated carbocycles. The summed E-state index contributed by atoms with van der Waals surface area (Å²) in [4.78, 5) is 16.0. The summed E-state index contributed by atoms with van der Waals surface area (Å²) in [5.41, 5.74) is 3.44. The van der Waals surface area contributed by atoms with Crippen molar-refractivity contribution < 1.29 is 9.21 Å². The van der Waals surface area contributed by atoms with Crippen molar-refractivity contribution in [3.63, 3.8) is 0 Å². The highest BCUT2D eigenvalue weighted by molar-refractivity contribution is 9.10. The highest BCUT2D eigenvalue weighted by atomic mass is 79.9. The predicted molar refractivity (Wildman–Crippen MR) is 91.2 cm³/mol. The number of hydrogen-bond donors (Lipinski definition) is 1. The number of aromatic nitrogens is 3. The van der Waals surface area contributed by atoms with E-state index in [-0.39, 0.29) is 5.78 Å². The number of carbonyl (C=O) groups excluding carboxylic acids is 1. The Morgan fingerprint density at radius 1 is 1.35 bits per heavy atom. The fourth-order valence-corrected chi connectivity index (χ4v) is 2.90. The van der Waals surface area contributed by atoms with Gasteiger partial charge in [-0.2, -0.15) is 0 Å². The summed E-state index contributed by atoms with van der Waals surface area (Å²) in [7, 11) is 0. The zero-order valence-electron chi connectivity index (χ0n) is 12.7. The van der Waals surface area contributed by atoms with Crippen LogP contribution >= 0.6 is 15.9 Å². The lowest BCUT2D eigenvalue weighted by Crippen LogP contribution is -2.03. The fourth-order valence-electron chi connectivity index (χ4n) is 2.50. The average Bonchev–Trinajstić information content (AvgIpc) is 3.11. The number of hydrogen-bond acceptors (Lipinski definition) is 4. The van der Waals surface area contributed by atoms with Crippen molar-refractivity contribution in [3.8, 4) is 11.6 Å². The SMILES string of the molecule is C=Cc1nnc(-c2[nH]c(C)c(C(=O)c3cccc(Br)c3)c2C)o1. The number of nitrogens with one attached hydrogen (secondary N) is 1. The summed E-state index contributed by atoms with van der Waals surface area (Å²) in [6.07, 6.45) is 1.48. The van der Waals surface area contributed by atoms with E-state index >= 15 is 0 Å². The van der Waals surface area contributed by atoms with E-state index < -0.39 is 0 Å². The van der Waals surface area contributed by atoms with Gasteiger partial charge in [0.05, 0.1) is 0 Å². The first-order valence-electron chi connectivity index (χ1n) is 6.97. The minimum absolute atomic E-state index is 0.0488. The van der Waals surface area contributed by atoms with Crippen molar-refractivity contribution >= 4 is 27.8 Å². The molecule has 2 heterocycles. The van der Waals surface area contributed by atoms with Gasteiger partial charge in [-0.15, -0.1) is 10.2 Å². The van der Waals surface area contributed by atoms with Gasteiger partial charge in [-0.05, 0) is 37.6 Å². The van der Waals surface area contributed by atoms with Gasteiger partial charge in [0, 0.05) is 21.3 Å². The van der Waals surface area contributed by atoms with E-state index in [0.29, 0.717) is 28.6 Å². The fraction of sp³-hybridized carbons (Fsp3) is 0.118. The van der Waals surface area contributed by atoms with Crippen LogP contribution in [0.4, 0.5) is 0 Å². The van der Waals surface area contributed by atoms with Gasteiger partial charge in [0.15, 0.2) is 5.78 Å². The number of rotatable bonds is 4. The van der Waals surface area contributed by atoms with Gasteiger partial charge in [0.25, 0.3) is 5.89 Å². The van der Waals surface area contributed by atoms with Crippen molar-refractivity contribution in [2.45, 2.75) is 13.8 Å². The number of aromatic amines is 1. The van der Waals surface area contributed by atoms with E-state index in [2.05, 4.69) is 37.7 Å². The van der Waals surface area contributed by atoms with Crippen LogP contribution in [0.2, 0.25) is 0 Å². The second kappa shape index (κ2) is 5.96. The molecule has 0 aliphatic rings. The molecule has 0 spiro atoms. The van der Waals surface area contributed by atoms with Crippen molar-refractivity contribution in [1.29, 1.82) is 0 Å². The van der Waals surface area contributed by atoms with Gasteiger partial charge in [0.2, 0.25) is 5.89 Å². The molecule has 6 heteroatoms. The first-order chi connectivity index (χ1) is 11.0. The minimum atomic E-state index is -0.0488. The lowest BCUT2D eigenvalue weighted by molar-refractivity contribution is 0.103. The van der Waals surface area contributed by atoms with Gasteiger partial charge < -0.3 is 9.40 Å². The van der Waals surface area contributed by atoms with Crippen molar-refractivity contribution in [1.82, 2.24) is 15.2 Å². The quantitative estimate of drug-likeness (QED) is 0.693. The molecule has 5 nitrogen and oxygen atoms in total. The maximum absolute atomic E-state index is 12.8. The molecule has 3 aromatic rings. The molecule has 1 N–H and O–H groups in total. The molecule has 0 aliphatic carbocycles. The number of aryl methyl sites for hydroxylation is 1. The second-order valence-electron chi connectivity index (χ2n) is 5.11. The molecule has 1 aromatic carbocycles. The van der Waals surface area contributed by atoms with Crippen LogP contribution < -0.4 is 0 Å². The molecule has 3 rings (SSSR count). The third-order valence-corrected chi connectivity index (χ3v) is 4.07. The largest absolute Gasteiger partial charge is 0.415 e. The van der Waals surface area contributed by atoms with Crippen molar-refractivity contribution in [3.05, 3.63) is 63.6 Å². The summed E-state index contributed by atoms with van der Waals surface area (Å²) in [5.74, 6) is 0.632. The normalized spacial score (nSPS) is 10.7. The summed E-state index contributed by atoms with van der Waals surface area (Å²) in [5, 5.41) is 7.84. The van der Waals surface area contributed by atoms with Crippen LogP contribution in [0, 0.1) is 13.8 Å². The summed E-state index contributed by atoms with van der Waals surface area (Å²) < 4.78 is 6.35. The van der Waals surface area contributed by atoms with Crippen LogP contribution in [-0.4, -0.2) is 21.0 Å². The van der Waals surface area contributed by atoms with Gasteiger partial charge in [-0.1, -0.05) is 34.6 Å². The van der Waals surface area contributed by atoms with Crippen LogP contribution in [0.3, 0.4) is 0 Å². The smallest absolute Gasteiger partial charge is 0.264 e. The zero-order chi connectivity index (χ0) is 16.6. The number of nitrogens with zero attached hydrogens (tertiary/aromatic N) is 2. The Bertz CT molecular complexity index is 908. The lowest BCUT2D eigenvalue weighted by Gasteiger charge is -2.03. The Balaban J connectivity index is 2.07. The Hall–Kier alpha value is -2.47. The van der Waals surface area contributed by atoms with Gasteiger partial charge in [-0.25, -0.2) is 0 Å². The number of halogens is 1. The van der Waals surface area contributed by atoms with E-state index in [4.69, 9.17) is 4.42 Å². The molecule has 0 fully saturated rings. The van der Waals surface area contributed by atoms with Gasteiger partial charge in [-0.3, -0.25) is 4.79 Å². The lowest BCUT2D eigenvalue weighted by atomic mass is 10.00. The van der Waals surface area contributed by atoms with Crippen molar-refractivity contribution in [2.24, 2.45) is 0 Å². The standard InChI is InChI=1S/C17H14BrN3O2/c1-4-13-20-21-17(23-13)15-9(2)14(10(3)19-15)16(22)11-6-5-7-12(18)8-11/h4-8,19H,1H2,2-3H3. The molecule has 2 aromatic heterocycles. The van der Waals surface area contributed by atoms with Crippen LogP contribution in [0.15, 0.2) is 39.7 Å². The van der Waals surface area contributed by atoms with E-state index in [9.17, 15) is 4.79 Å². The van der Waals surface area contributed by atoms with Gasteiger partial charge in [0.1, 0.15) is 5.69 Å². The molecule has 0 radical (unpaired) electrons. The first-order valence-corrected chi connectivity index (χ1v) is 7.76. The monoisotopic (exact) mass is 371 g/mol. The average molecular weight is 372 g/mol. The minimum Gasteiger partial charge on any atom is -0.415 e. The number of carbonyl (C=O) groups is 1. The molecule has 0 unspecified atom stereocenters. The topological polar surface area (TPSA) is 71.8 Å². The summed E-state index contributed by atoms with van der Waals surface area (Å²) in [6, 6.07) is 7.32. The Morgan fingerprint density at radius 3 is 2.78 bits per heavy atom. The van der Waals surface area contributed by atoms with E-state index in [1.54, 1.807) is 12.1 Å². The molecule has 0 saturated heterocycles. The number of ketones is 1. The van der Waals surface area contributed by atoms with Crippen molar-refractivity contribution in [2.75, 3.05) is 0 Å². The van der Waals surface area contributed by atoms with Crippen LogP contribution in [0.1, 0.15) is 33.1 Å². The zero-order valence-corrected chi connectivity index (χ0v) is 14.3. The third-order valence-electron chi connectivity index (χ3n) is 3.58. The summed E-state index contributed by atoms with van der Waals surface area (Å²) >= 11 is 3.39. The molecule has 0 aliphatic heterocycles. The molecule has 0 atom stereocenters. The van der Waals surface area contributed by atoms with E-state index in [1.165, 1.54) is 6.08 Å². The molecular weight excluding hydrogens is 358 g/mol. The predicted octanol–water partition coefficient (Wildman–Crippen LogP) is 4.32. The number of benzene rings is 1. The molecular formula is C17H14BrN3O2. The highest BCUT2D eigenvalue weighted by Crippen LogP contribution is 2.29. The molecule has 116 valence electrons. The first kappa shape index (κ1) is 15.4. The van der Waals surface area contributed by atoms with Gasteiger partial charge >= 0.3 is 0 Å². The van der Waals surface area contributed by atoms with Crippen LogP contribution in [0.5, 0.6) is 0 Å².